The highest BCUT2D eigenvalue weighted by atomic mass is 31.2. The van der Waals surface area contributed by atoms with Crippen molar-refractivity contribution in [2.45, 2.75) is 90.0 Å². The lowest BCUT2D eigenvalue weighted by molar-refractivity contribution is -0.114. The van der Waals surface area contributed by atoms with Gasteiger partial charge in [0, 0.05) is 6.42 Å². The Morgan fingerprint density at radius 3 is 2.62 bits per heavy atom. The van der Waals surface area contributed by atoms with Crippen LogP contribution in [0.5, 0.6) is 0 Å². The number of rotatable bonds is 7. The molecule has 3 aliphatic rings. The van der Waals surface area contributed by atoms with Gasteiger partial charge in [-0.15, -0.1) is 0 Å². The average Bonchev–Trinajstić information content (AvgIpc) is 3.10. The summed E-state index contributed by atoms with van der Waals surface area (Å²) in [5.41, 5.74) is 1.88. The molecule has 3 saturated carbocycles. The maximum absolute atomic E-state index is 12.4. The summed E-state index contributed by atoms with van der Waals surface area (Å²) in [5, 5.41) is 20.2. The van der Waals surface area contributed by atoms with Crippen molar-refractivity contribution in [2.24, 2.45) is 23.2 Å². The molecule has 0 aromatic heterocycles. The van der Waals surface area contributed by atoms with Gasteiger partial charge in [-0.05, 0) is 85.3 Å². The van der Waals surface area contributed by atoms with E-state index in [4.69, 9.17) is 0 Å². The summed E-state index contributed by atoms with van der Waals surface area (Å²) < 4.78 is 11.6. The highest BCUT2D eigenvalue weighted by Crippen LogP contribution is 2.59. The van der Waals surface area contributed by atoms with E-state index < -0.39 is 31.2 Å². The van der Waals surface area contributed by atoms with Gasteiger partial charge in [-0.2, -0.15) is 0 Å². The van der Waals surface area contributed by atoms with Crippen molar-refractivity contribution in [3.63, 3.8) is 0 Å². The fraction of sp³-hybridized carbons (Fsp3) is 0.667. The van der Waals surface area contributed by atoms with Crippen LogP contribution in [0.1, 0.15) is 72.1 Å². The zero-order chi connectivity index (χ0) is 25.3. The summed E-state index contributed by atoms with van der Waals surface area (Å²) in [6.45, 7) is 10.1. The maximum Gasteiger partial charge on any atom is 0.336 e. The molecule has 3 fully saturated rings. The lowest BCUT2D eigenvalue weighted by Gasteiger charge is -2.44. The number of ketones is 1. The molecule has 0 heterocycles. The third-order valence-electron chi connectivity index (χ3n) is 8.62. The van der Waals surface area contributed by atoms with Gasteiger partial charge in [0.15, 0.2) is 5.78 Å². The summed E-state index contributed by atoms with van der Waals surface area (Å²) in [5.74, 6) is 0.478. The number of carbonyl (C=O) groups is 1. The van der Waals surface area contributed by atoms with Gasteiger partial charge in [0.2, 0.25) is 0 Å². The van der Waals surface area contributed by atoms with Crippen molar-refractivity contribution in [3.8, 4) is 0 Å². The Bertz CT molecular complexity index is 927. The third kappa shape index (κ3) is 5.74. The van der Waals surface area contributed by atoms with Gasteiger partial charge in [-0.1, -0.05) is 51.2 Å². The van der Waals surface area contributed by atoms with Crippen LogP contribution in [0.4, 0.5) is 0 Å². The zero-order valence-electron chi connectivity index (χ0n) is 20.7. The molecule has 7 heteroatoms. The van der Waals surface area contributed by atoms with E-state index in [1.54, 1.807) is 6.92 Å². The Balaban J connectivity index is 1.75. The molecule has 34 heavy (non-hydrogen) atoms. The van der Waals surface area contributed by atoms with Crippen LogP contribution in [0.3, 0.4) is 0 Å². The summed E-state index contributed by atoms with van der Waals surface area (Å²) in [6.07, 6.45) is 12.6. The first kappa shape index (κ1) is 27.3. The standard InChI is InChI=1S/C27H41O6P/c1-5-26(34(31,32)33)24(29)13-8-17(2)22-11-12-23-19(7-6-14-27(22,23)4)9-10-20-15-21(28)16-25(30)18(20)3/h8-10,13,17,21-23,25-26,28,30H,3,5-7,11-12,14-16H2,1-2,4H3,(H2,31,32,33)/t17-,21-,22-,23?,25+,26+,27-/m1/s1. The Morgan fingerprint density at radius 2 is 1.97 bits per heavy atom. The molecule has 1 unspecified atom stereocenters. The van der Waals surface area contributed by atoms with E-state index in [2.05, 4.69) is 26.5 Å². The Hall–Kier alpha value is -1.30. The monoisotopic (exact) mass is 492 g/mol. The highest BCUT2D eigenvalue weighted by Gasteiger charge is 2.50. The van der Waals surface area contributed by atoms with Crippen LogP contribution in [0.2, 0.25) is 0 Å². The van der Waals surface area contributed by atoms with E-state index in [1.807, 2.05) is 12.2 Å². The second-order valence-corrected chi connectivity index (χ2v) is 12.6. The molecule has 0 aromatic carbocycles. The van der Waals surface area contributed by atoms with E-state index in [-0.39, 0.29) is 17.8 Å². The van der Waals surface area contributed by atoms with Crippen LogP contribution in [-0.2, 0) is 9.36 Å². The van der Waals surface area contributed by atoms with Gasteiger partial charge >= 0.3 is 7.60 Å². The predicted octanol–water partition coefficient (Wildman–Crippen LogP) is 4.85. The van der Waals surface area contributed by atoms with Gasteiger partial charge in [0.1, 0.15) is 5.66 Å². The Labute approximate surface area is 203 Å². The summed E-state index contributed by atoms with van der Waals surface area (Å²) in [7, 11) is -4.45. The van der Waals surface area contributed by atoms with Crippen LogP contribution >= 0.6 is 7.60 Å². The minimum absolute atomic E-state index is 0.103. The normalized spacial score (nSPS) is 36.7. The number of hydrogen-bond acceptors (Lipinski definition) is 4. The fourth-order valence-electron chi connectivity index (χ4n) is 6.70. The average molecular weight is 493 g/mol. The molecule has 6 nitrogen and oxygen atoms in total. The Morgan fingerprint density at radius 1 is 1.26 bits per heavy atom. The largest absolute Gasteiger partial charge is 0.393 e. The van der Waals surface area contributed by atoms with E-state index in [9.17, 15) is 29.4 Å². The molecule has 0 bridgehead atoms. The van der Waals surface area contributed by atoms with Crippen molar-refractivity contribution in [3.05, 3.63) is 47.6 Å². The van der Waals surface area contributed by atoms with E-state index in [1.165, 1.54) is 11.6 Å². The predicted molar refractivity (Wildman–Crippen MR) is 134 cm³/mol. The smallest absolute Gasteiger partial charge is 0.336 e. The number of carbonyl (C=O) groups excluding carboxylic acids is 1. The van der Waals surface area contributed by atoms with Crippen molar-refractivity contribution >= 4 is 13.4 Å². The first-order valence-corrected chi connectivity index (χ1v) is 14.3. The topological polar surface area (TPSA) is 115 Å². The van der Waals surface area contributed by atoms with Crippen LogP contribution < -0.4 is 0 Å². The molecule has 0 spiro atoms. The minimum Gasteiger partial charge on any atom is -0.393 e. The summed E-state index contributed by atoms with van der Waals surface area (Å²) in [6, 6.07) is 0. The molecule has 7 atom stereocenters. The fourth-order valence-corrected chi connectivity index (χ4v) is 7.60. The van der Waals surface area contributed by atoms with Gasteiger partial charge in [-0.3, -0.25) is 9.36 Å². The van der Waals surface area contributed by atoms with Crippen molar-refractivity contribution < 1.29 is 29.4 Å². The number of hydrogen-bond donors (Lipinski definition) is 4. The van der Waals surface area contributed by atoms with Crippen LogP contribution in [0.15, 0.2) is 47.6 Å². The van der Waals surface area contributed by atoms with Gasteiger partial charge < -0.3 is 20.0 Å². The van der Waals surface area contributed by atoms with Crippen molar-refractivity contribution in [2.75, 3.05) is 0 Å². The molecule has 0 amide bonds. The van der Waals surface area contributed by atoms with Crippen LogP contribution in [-0.4, -0.2) is 43.7 Å². The van der Waals surface area contributed by atoms with Crippen molar-refractivity contribution in [1.82, 2.24) is 0 Å². The number of fused-ring (bicyclic) bond motifs is 1. The van der Waals surface area contributed by atoms with Crippen LogP contribution in [0, 0.1) is 23.2 Å². The molecule has 0 aromatic rings. The molecule has 3 aliphatic carbocycles. The van der Waals surface area contributed by atoms with Gasteiger partial charge in [0.25, 0.3) is 0 Å². The zero-order valence-corrected chi connectivity index (χ0v) is 21.6. The first-order chi connectivity index (χ1) is 15.9. The van der Waals surface area contributed by atoms with Crippen molar-refractivity contribution in [1.29, 1.82) is 0 Å². The van der Waals surface area contributed by atoms with Gasteiger partial charge in [0.05, 0.1) is 12.2 Å². The summed E-state index contributed by atoms with van der Waals surface area (Å²) in [4.78, 5) is 31.3. The number of aliphatic hydroxyl groups excluding tert-OH is 2. The van der Waals surface area contributed by atoms with E-state index >= 15 is 0 Å². The maximum atomic E-state index is 12.4. The molecule has 0 radical (unpaired) electrons. The lowest BCUT2D eigenvalue weighted by atomic mass is 9.61. The second kappa shape index (κ2) is 10.8. The highest BCUT2D eigenvalue weighted by molar-refractivity contribution is 7.53. The Kier molecular flexibility index (Phi) is 8.63. The molecule has 0 saturated heterocycles. The molecule has 4 N–H and O–H groups in total. The van der Waals surface area contributed by atoms with E-state index in [0.717, 1.165) is 37.7 Å². The van der Waals surface area contributed by atoms with Crippen LogP contribution in [0.25, 0.3) is 0 Å². The van der Waals surface area contributed by atoms with E-state index in [0.29, 0.717) is 30.3 Å². The quantitative estimate of drug-likeness (QED) is 0.298. The van der Waals surface area contributed by atoms with Gasteiger partial charge in [-0.25, -0.2) is 0 Å². The SMILES string of the molecule is C=C1C(=CC=C2CCC[C@@]3(C)C2CC[C@@H]3[C@H](C)C=CC(=O)[C@H](CC)P(=O)(O)O)C[C@@H](O)C[C@@H]1O. The summed E-state index contributed by atoms with van der Waals surface area (Å²) >= 11 is 0. The lowest BCUT2D eigenvalue weighted by Crippen LogP contribution is -2.35. The molecular weight excluding hydrogens is 451 g/mol. The third-order valence-corrected chi connectivity index (χ3v) is 10.1. The second-order valence-electron chi connectivity index (χ2n) is 10.8. The molecule has 3 rings (SSSR count). The number of aliphatic hydroxyl groups is 2. The minimum atomic E-state index is -4.45. The molecular formula is C27H41O6P. The number of allylic oxidation sites excluding steroid dienone is 5. The molecule has 190 valence electrons. The first-order valence-electron chi connectivity index (χ1n) is 12.6. The molecule has 0 aliphatic heterocycles.